The number of sulfonamides is 1. The second kappa shape index (κ2) is 13.1. The third-order valence-electron chi connectivity index (χ3n) is 9.17. The predicted molar refractivity (Wildman–Crippen MR) is 171 cm³/mol. The van der Waals surface area contributed by atoms with Crippen molar-refractivity contribution in [2.24, 2.45) is 5.92 Å². The molecule has 2 unspecified atom stereocenters. The number of halogens is 4. The van der Waals surface area contributed by atoms with Crippen molar-refractivity contribution in [1.29, 1.82) is 0 Å². The maximum atomic E-state index is 13.3. The van der Waals surface area contributed by atoms with Gasteiger partial charge in [-0.25, -0.2) is 13.4 Å². The maximum Gasteiger partial charge on any atom is 0.416 e. The Bertz CT molecular complexity index is 1670. The zero-order chi connectivity index (χ0) is 32.6. The molecule has 0 bridgehead atoms. The van der Waals surface area contributed by atoms with Crippen molar-refractivity contribution in [3.8, 4) is 0 Å². The lowest BCUT2D eigenvalue weighted by Crippen LogP contribution is -2.49. The van der Waals surface area contributed by atoms with Crippen molar-refractivity contribution in [2.45, 2.75) is 30.0 Å². The number of nitrogens with one attached hydrogen (secondary N) is 1. The predicted octanol–water partition coefficient (Wildman–Crippen LogP) is 4.70. The Kier molecular flexibility index (Phi) is 9.32. The number of alkyl halides is 3. The molecule has 46 heavy (non-hydrogen) atoms. The molecule has 9 nitrogen and oxygen atoms in total. The van der Waals surface area contributed by atoms with E-state index >= 15 is 0 Å². The number of fused-ring (bicyclic) bond motifs is 1. The van der Waals surface area contributed by atoms with Crippen molar-refractivity contribution in [3.05, 3.63) is 82.5 Å². The van der Waals surface area contributed by atoms with E-state index < -0.39 is 21.8 Å². The van der Waals surface area contributed by atoms with Crippen LogP contribution in [0, 0.1) is 5.92 Å². The molecule has 14 heteroatoms. The van der Waals surface area contributed by atoms with Gasteiger partial charge in [-0.1, -0.05) is 23.7 Å². The van der Waals surface area contributed by atoms with E-state index in [4.69, 9.17) is 11.6 Å². The van der Waals surface area contributed by atoms with Crippen LogP contribution in [-0.2, 0) is 22.6 Å². The van der Waals surface area contributed by atoms with Gasteiger partial charge >= 0.3 is 6.18 Å². The monoisotopic (exact) mass is 676 g/mol. The van der Waals surface area contributed by atoms with Gasteiger partial charge in [-0.2, -0.15) is 17.5 Å². The van der Waals surface area contributed by atoms with E-state index in [9.17, 15) is 26.4 Å². The van der Waals surface area contributed by atoms with Gasteiger partial charge in [-0.05, 0) is 86.4 Å². The van der Waals surface area contributed by atoms with Crippen molar-refractivity contribution < 1.29 is 26.4 Å². The first kappa shape index (κ1) is 32.7. The van der Waals surface area contributed by atoms with E-state index in [0.717, 1.165) is 44.1 Å². The summed E-state index contributed by atoms with van der Waals surface area (Å²) in [5.41, 5.74) is 1.23. The summed E-state index contributed by atoms with van der Waals surface area (Å²) in [4.78, 5) is 23.5. The number of nitrogens with zero attached hydrogens (tertiary/aromatic N) is 5. The van der Waals surface area contributed by atoms with Gasteiger partial charge < -0.3 is 15.1 Å². The summed E-state index contributed by atoms with van der Waals surface area (Å²) in [5, 5.41) is 2.54. The molecule has 3 aliphatic rings. The number of carbonyl (C=O) groups is 1. The Morgan fingerprint density at radius 2 is 1.67 bits per heavy atom. The topological polar surface area (TPSA) is 89.1 Å². The second-order valence-electron chi connectivity index (χ2n) is 12.2. The number of carbonyl (C=O) groups excluding carboxylic acids is 1. The van der Waals surface area contributed by atoms with Gasteiger partial charge in [0, 0.05) is 63.1 Å². The SMILES string of the molecule is CN1CC2CCN(CCc3ccc(C(=O)Nc4ccc(S(=O)(=O)N5CCN(c6cc(C(F)(F)F)cc(Cl)n6)CC5)cc4)cc3)C2C1. The minimum atomic E-state index is -4.58. The van der Waals surface area contributed by atoms with Crippen LogP contribution >= 0.6 is 11.6 Å². The smallest absolute Gasteiger partial charge is 0.354 e. The van der Waals surface area contributed by atoms with Crippen LogP contribution in [0.3, 0.4) is 0 Å². The maximum absolute atomic E-state index is 13.3. The number of anilines is 2. The average molecular weight is 677 g/mol. The number of benzene rings is 2. The lowest BCUT2D eigenvalue weighted by Gasteiger charge is -2.35. The van der Waals surface area contributed by atoms with Gasteiger partial charge in [0.25, 0.3) is 5.91 Å². The molecule has 246 valence electrons. The van der Waals surface area contributed by atoms with Crippen LogP contribution in [0.5, 0.6) is 0 Å². The Hall–Kier alpha value is -3.23. The molecule has 0 aliphatic carbocycles. The van der Waals surface area contributed by atoms with Gasteiger partial charge in [-0.15, -0.1) is 0 Å². The Balaban J connectivity index is 1.01. The molecule has 2 atom stereocenters. The fourth-order valence-electron chi connectivity index (χ4n) is 6.66. The van der Waals surface area contributed by atoms with Crippen LogP contribution in [0.2, 0.25) is 5.15 Å². The molecule has 3 saturated heterocycles. The molecule has 0 spiro atoms. The van der Waals surface area contributed by atoms with E-state index in [1.165, 1.54) is 47.1 Å². The van der Waals surface area contributed by atoms with Crippen molar-refractivity contribution in [2.75, 3.05) is 69.6 Å². The summed E-state index contributed by atoms with van der Waals surface area (Å²) in [5.74, 6) is 0.530. The number of hydrogen-bond donors (Lipinski definition) is 1. The van der Waals surface area contributed by atoms with E-state index in [1.807, 2.05) is 24.3 Å². The summed E-state index contributed by atoms with van der Waals surface area (Å²) in [6, 6.07) is 15.8. The molecule has 1 aromatic heterocycles. The zero-order valence-corrected chi connectivity index (χ0v) is 27.0. The van der Waals surface area contributed by atoms with Gasteiger partial charge in [0.1, 0.15) is 11.0 Å². The molecule has 6 rings (SSSR count). The largest absolute Gasteiger partial charge is 0.416 e. The number of rotatable bonds is 8. The summed E-state index contributed by atoms with van der Waals surface area (Å²) < 4.78 is 67.5. The fraction of sp³-hybridized carbons (Fsp3) is 0.438. The van der Waals surface area contributed by atoms with Gasteiger partial charge in [-0.3, -0.25) is 9.69 Å². The number of piperazine rings is 1. The Labute approximate surface area is 272 Å². The quantitative estimate of drug-likeness (QED) is 0.347. The highest BCUT2D eigenvalue weighted by molar-refractivity contribution is 7.89. The summed E-state index contributed by atoms with van der Waals surface area (Å²) in [6.45, 7) is 4.88. The summed E-state index contributed by atoms with van der Waals surface area (Å²) >= 11 is 5.82. The lowest BCUT2D eigenvalue weighted by molar-refractivity contribution is -0.137. The van der Waals surface area contributed by atoms with Crippen LogP contribution < -0.4 is 10.2 Å². The molecule has 2 aromatic carbocycles. The number of hydrogen-bond acceptors (Lipinski definition) is 7. The van der Waals surface area contributed by atoms with Crippen molar-refractivity contribution >= 4 is 39.0 Å². The molecule has 1 N–H and O–H groups in total. The first-order valence-corrected chi connectivity index (χ1v) is 17.1. The summed E-state index contributed by atoms with van der Waals surface area (Å²) in [7, 11) is -1.68. The molecular weight excluding hydrogens is 641 g/mol. The van der Waals surface area contributed by atoms with E-state index in [2.05, 4.69) is 27.1 Å². The molecule has 3 aliphatic heterocycles. The minimum absolute atomic E-state index is 0.0453. The third-order valence-corrected chi connectivity index (χ3v) is 11.3. The van der Waals surface area contributed by atoms with Gasteiger partial charge in [0.2, 0.25) is 10.0 Å². The van der Waals surface area contributed by atoms with E-state index in [1.54, 1.807) is 4.90 Å². The number of likely N-dealkylation sites (N-methyl/N-ethyl adjacent to an activating group) is 1. The number of likely N-dealkylation sites (tertiary alicyclic amines) is 2. The number of pyridine rings is 1. The molecule has 0 radical (unpaired) electrons. The molecule has 4 heterocycles. The Morgan fingerprint density at radius 1 is 0.978 bits per heavy atom. The zero-order valence-electron chi connectivity index (χ0n) is 25.4. The second-order valence-corrected chi connectivity index (χ2v) is 14.5. The van der Waals surface area contributed by atoms with Gasteiger partial charge in [0.15, 0.2) is 0 Å². The molecule has 3 fully saturated rings. The van der Waals surface area contributed by atoms with Crippen molar-refractivity contribution in [1.82, 2.24) is 19.1 Å². The average Bonchev–Trinajstić information content (AvgIpc) is 3.59. The van der Waals surface area contributed by atoms with Crippen LogP contribution in [0.4, 0.5) is 24.7 Å². The normalized spacial score (nSPS) is 21.5. The number of amides is 1. The van der Waals surface area contributed by atoms with E-state index in [-0.39, 0.29) is 48.0 Å². The van der Waals surface area contributed by atoms with Crippen molar-refractivity contribution in [3.63, 3.8) is 0 Å². The minimum Gasteiger partial charge on any atom is -0.354 e. The first-order chi connectivity index (χ1) is 21.9. The Morgan fingerprint density at radius 3 is 2.35 bits per heavy atom. The molecular formula is C32H36ClF3N6O3S. The first-order valence-electron chi connectivity index (χ1n) is 15.3. The standard InChI is InChI=1S/C32H36ClF3N6O3S/c1-39-20-24-11-13-40(28(24)21-39)12-10-22-2-4-23(5-3-22)31(43)37-26-6-8-27(9-7-26)46(44,45)42-16-14-41(15-17-42)30-19-25(32(34,35)36)18-29(33)38-30/h2-9,18-19,24,28H,10-17,20-21H2,1H3,(H,37,43). The highest BCUT2D eigenvalue weighted by Gasteiger charge is 2.39. The highest BCUT2D eigenvalue weighted by Crippen LogP contribution is 2.34. The van der Waals surface area contributed by atoms with Crippen LogP contribution in [0.25, 0.3) is 0 Å². The lowest BCUT2D eigenvalue weighted by atomic mass is 10.0. The van der Waals surface area contributed by atoms with Crippen LogP contribution in [-0.4, -0.2) is 98.9 Å². The fourth-order valence-corrected chi connectivity index (χ4v) is 8.29. The molecule has 3 aromatic rings. The number of aromatic nitrogens is 1. The highest BCUT2D eigenvalue weighted by atomic mass is 35.5. The van der Waals surface area contributed by atoms with Crippen LogP contribution in [0.1, 0.15) is 27.9 Å². The summed E-state index contributed by atoms with van der Waals surface area (Å²) in [6.07, 6.45) is -2.39. The van der Waals surface area contributed by atoms with Crippen LogP contribution in [0.15, 0.2) is 65.6 Å². The van der Waals surface area contributed by atoms with Gasteiger partial charge in [0.05, 0.1) is 10.5 Å². The molecule has 1 amide bonds. The van der Waals surface area contributed by atoms with E-state index in [0.29, 0.717) is 17.3 Å². The third kappa shape index (κ3) is 7.18. The molecule has 0 saturated carbocycles.